The van der Waals surface area contributed by atoms with E-state index >= 15 is 0 Å². The molecule has 0 aromatic carbocycles. The number of anilines is 2. The smallest absolute Gasteiger partial charge is 0.132 e. The second-order valence-electron chi connectivity index (χ2n) is 5.04. The van der Waals surface area contributed by atoms with E-state index in [-0.39, 0.29) is 0 Å². The van der Waals surface area contributed by atoms with Gasteiger partial charge in [0.2, 0.25) is 0 Å². The Balaban J connectivity index is 1.87. The van der Waals surface area contributed by atoms with Crippen molar-refractivity contribution in [1.29, 1.82) is 5.41 Å². The summed E-state index contributed by atoms with van der Waals surface area (Å²) in [6.45, 7) is 3.83. The predicted octanol–water partition coefficient (Wildman–Crippen LogP) is 4.64. The highest BCUT2D eigenvalue weighted by Gasteiger charge is 2.07. The van der Waals surface area contributed by atoms with E-state index in [0.29, 0.717) is 5.71 Å². The predicted molar refractivity (Wildman–Crippen MR) is 92.3 cm³/mol. The summed E-state index contributed by atoms with van der Waals surface area (Å²) in [5.41, 5.74) is 2.63. The Morgan fingerprint density at radius 1 is 1.14 bits per heavy atom. The minimum Gasteiger partial charge on any atom is -0.325 e. The summed E-state index contributed by atoms with van der Waals surface area (Å²) in [5, 5.41) is 10.9. The van der Waals surface area contributed by atoms with Crippen molar-refractivity contribution < 1.29 is 0 Å². The van der Waals surface area contributed by atoms with Crippen LogP contribution in [0, 0.1) is 12.3 Å². The fourth-order valence-electron chi connectivity index (χ4n) is 2.05. The van der Waals surface area contributed by atoms with Gasteiger partial charge in [-0.2, -0.15) is 0 Å². The standard InChI is InChI=1S/C17H16N4S/c1-11-8-9-19-17(10-11)21-16-5-3-4-13(20-16)15-7-6-14(22-15)12(2)18/h3-10,18H,1-2H3,(H,19,20,21). The van der Waals surface area contributed by atoms with Gasteiger partial charge in [-0.15, -0.1) is 11.3 Å². The summed E-state index contributed by atoms with van der Waals surface area (Å²) < 4.78 is 0. The molecule has 110 valence electrons. The lowest BCUT2D eigenvalue weighted by Crippen LogP contribution is -1.96. The van der Waals surface area contributed by atoms with Crippen molar-refractivity contribution >= 4 is 28.7 Å². The molecule has 3 rings (SSSR count). The molecule has 0 saturated carbocycles. The van der Waals surface area contributed by atoms with Gasteiger partial charge in [0.15, 0.2) is 0 Å². The zero-order chi connectivity index (χ0) is 15.5. The van der Waals surface area contributed by atoms with Gasteiger partial charge in [-0.3, -0.25) is 0 Å². The number of thiophene rings is 1. The van der Waals surface area contributed by atoms with Crippen LogP contribution in [0.15, 0.2) is 48.7 Å². The number of nitrogens with one attached hydrogen (secondary N) is 2. The van der Waals surface area contributed by atoms with Crippen LogP contribution < -0.4 is 5.32 Å². The van der Waals surface area contributed by atoms with Crippen molar-refractivity contribution in [3.63, 3.8) is 0 Å². The molecule has 0 fully saturated rings. The highest BCUT2D eigenvalue weighted by atomic mass is 32.1. The maximum atomic E-state index is 7.69. The molecule has 3 aromatic rings. The molecule has 0 atom stereocenters. The average Bonchev–Trinajstić information content (AvgIpc) is 2.97. The van der Waals surface area contributed by atoms with Crippen LogP contribution in [0.2, 0.25) is 0 Å². The zero-order valence-electron chi connectivity index (χ0n) is 12.4. The first-order valence-electron chi connectivity index (χ1n) is 6.94. The monoisotopic (exact) mass is 308 g/mol. The average molecular weight is 308 g/mol. The van der Waals surface area contributed by atoms with Crippen molar-refractivity contribution in [3.8, 4) is 10.6 Å². The van der Waals surface area contributed by atoms with E-state index in [2.05, 4.69) is 15.3 Å². The van der Waals surface area contributed by atoms with Crippen molar-refractivity contribution in [2.75, 3.05) is 5.32 Å². The molecule has 0 aliphatic rings. The molecule has 3 aromatic heterocycles. The van der Waals surface area contributed by atoms with Gasteiger partial charge in [-0.1, -0.05) is 6.07 Å². The molecule has 2 N–H and O–H groups in total. The Kier molecular flexibility index (Phi) is 3.98. The van der Waals surface area contributed by atoms with Gasteiger partial charge >= 0.3 is 0 Å². The van der Waals surface area contributed by atoms with Crippen LogP contribution in [0.25, 0.3) is 10.6 Å². The molecule has 0 unspecified atom stereocenters. The molecule has 0 aliphatic heterocycles. The summed E-state index contributed by atoms with van der Waals surface area (Å²) in [6.07, 6.45) is 1.78. The van der Waals surface area contributed by atoms with Crippen LogP contribution >= 0.6 is 11.3 Å². The third-order valence-electron chi connectivity index (χ3n) is 3.15. The van der Waals surface area contributed by atoms with E-state index in [4.69, 9.17) is 5.41 Å². The number of nitrogens with zero attached hydrogens (tertiary/aromatic N) is 2. The molecule has 0 radical (unpaired) electrons. The number of hydrogen-bond acceptors (Lipinski definition) is 5. The van der Waals surface area contributed by atoms with Crippen LogP contribution in [0.4, 0.5) is 11.6 Å². The number of aryl methyl sites for hydroxylation is 1. The summed E-state index contributed by atoms with van der Waals surface area (Å²) in [4.78, 5) is 10.9. The lowest BCUT2D eigenvalue weighted by molar-refractivity contribution is 1.24. The third-order valence-corrected chi connectivity index (χ3v) is 4.38. The molecule has 0 aliphatic carbocycles. The molecule has 0 saturated heterocycles. The topological polar surface area (TPSA) is 61.7 Å². The summed E-state index contributed by atoms with van der Waals surface area (Å²) >= 11 is 1.58. The summed E-state index contributed by atoms with van der Waals surface area (Å²) in [7, 11) is 0. The Labute approximate surface area is 133 Å². The van der Waals surface area contributed by atoms with E-state index in [9.17, 15) is 0 Å². The number of pyridine rings is 2. The van der Waals surface area contributed by atoms with Gasteiger partial charge in [0.1, 0.15) is 11.6 Å². The van der Waals surface area contributed by atoms with Crippen molar-refractivity contribution in [2.24, 2.45) is 0 Å². The van der Waals surface area contributed by atoms with Crippen LogP contribution in [-0.4, -0.2) is 15.7 Å². The maximum Gasteiger partial charge on any atom is 0.132 e. The van der Waals surface area contributed by atoms with Crippen LogP contribution in [0.3, 0.4) is 0 Å². The van der Waals surface area contributed by atoms with E-state index < -0.39 is 0 Å². The molecular weight excluding hydrogens is 292 g/mol. The Morgan fingerprint density at radius 2 is 2.00 bits per heavy atom. The second kappa shape index (κ2) is 6.07. The van der Waals surface area contributed by atoms with Gasteiger partial charge < -0.3 is 10.7 Å². The van der Waals surface area contributed by atoms with E-state index in [0.717, 1.165) is 32.6 Å². The van der Waals surface area contributed by atoms with Crippen LogP contribution in [0.1, 0.15) is 17.4 Å². The van der Waals surface area contributed by atoms with Gasteiger partial charge in [0.05, 0.1) is 10.6 Å². The van der Waals surface area contributed by atoms with Gasteiger partial charge in [0.25, 0.3) is 0 Å². The lowest BCUT2D eigenvalue weighted by Gasteiger charge is -2.06. The quantitative estimate of drug-likeness (QED) is 0.690. The normalized spacial score (nSPS) is 10.5. The molecule has 0 spiro atoms. The number of rotatable bonds is 4. The van der Waals surface area contributed by atoms with E-state index in [1.807, 2.05) is 49.4 Å². The summed E-state index contributed by atoms with van der Waals surface area (Å²) in [5.74, 6) is 1.55. The van der Waals surface area contributed by atoms with Crippen LogP contribution in [-0.2, 0) is 0 Å². The fraction of sp³-hybridized carbons (Fsp3) is 0.118. The fourth-order valence-corrected chi connectivity index (χ4v) is 2.93. The Bertz CT molecular complexity index is 823. The Hall–Kier alpha value is -2.53. The number of aromatic nitrogens is 2. The largest absolute Gasteiger partial charge is 0.325 e. The summed E-state index contributed by atoms with van der Waals surface area (Å²) in [6, 6.07) is 13.8. The van der Waals surface area contributed by atoms with Crippen molar-refractivity contribution in [3.05, 3.63) is 59.1 Å². The van der Waals surface area contributed by atoms with Gasteiger partial charge in [-0.05, 0) is 55.8 Å². The second-order valence-corrected chi connectivity index (χ2v) is 6.12. The Morgan fingerprint density at radius 3 is 2.73 bits per heavy atom. The SMILES string of the molecule is CC(=N)c1ccc(-c2cccc(Nc3cc(C)ccn3)n2)s1. The van der Waals surface area contributed by atoms with Crippen molar-refractivity contribution in [2.45, 2.75) is 13.8 Å². The molecular formula is C17H16N4S. The minimum atomic E-state index is 0.578. The molecule has 0 amide bonds. The van der Waals surface area contributed by atoms with Crippen LogP contribution in [0.5, 0.6) is 0 Å². The number of hydrogen-bond donors (Lipinski definition) is 2. The maximum absolute atomic E-state index is 7.69. The molecule has 0 bridgehead atoms. The zero-order valence-corrected chi connectivity index (χ0v) is 13.2. The molecule has 22 heavy (non-hydrogen) atoms. The van der Waals surface area contributed by atoms with Gasteiger partial charge in [-0.25, -0.2) is 9.97 Å². The lowest BCUT2D eigenvalue weighted by atomic mass is 10.3. The van der Waals surface area contributed by atoms with Gasteiger partial charge in [0, 0.05) is 16.8 Å². The highest BCUT2D eigenvalue weighted by Crippen LogP contribution is 2.28. The first-order valence-corrected chi connectivity index (χ1v) is 7.76. The third kappa shape index (κ3) is 3.20. The first-order chi connectivity index (χ1) is 10.6. The van der Waals surface area contributed by atoms with E-state index in [1.54, 1.807) is 24.5 Å². The van der Waals surface area contributed by atoms with Crippen molar-refractivity contribution in [1.82, 2.24) is 9.97 Å². The van der Waals surface area contributed by atoms with E-state index in [1.165, 1.54) is 0 Å². The molecule has 5 heteroatoms. The first kappa shape index (κ1) is 14.4. The highest BCUT2D eigenvalue weighted by molar-refractivity contribution is 7.17. The molecule has 3 heterocycles. The molecule has 4 nitrogen and oxygen atoms in total. The minimum absolute atomic E-state index is 0.578.